The summed E-state index contributed by atoms with van der Waals surface area (Å²) in [5, 5.41) is 1.62. The van der Waals surface area contributed by atoms with E-state index >= 15 is 0 Å². The first kappa shape index (κ1) is 12.1. The van der Waals surface area contributed by atoms with Crippen LogP contribution in [0.3, 0.4) is 0 Å². The molecule has 1 unspecified atom stereocenters. The molecule has 88 valence electrons. The highest BCUT2D eigenvalue weighted by Gasteiger charge is 2.10. The monoisotopic (exact) mass is 240 g/mol. The fourth-order valence-corrected chi connectivity index (χ4v) is 4.98. The molecule has 1 atom stereocenters. The Labute approximate surface area is 106 Å². The first-order chi connectivity index (χ1) is 8.40. The van der Waals surface area contributed by atoms with Gasteiger partial charge in [-0.3, -0.25) is 0 Å². The molecule has 0 N–H and O–H groups in total. The molecule has 17 heavy (non-hydrogen) atoms. The van der Waals surface area contributed by atoms with Crippen molar-refractivity contribution in [3.8, 4) is 0 Å². The van der Waals surface area contributed by atoms with Crippen LogP contribution in [0.2, 0.25) is 12.1 Å². The molecule has 0 heterocycles. The largest absolute Gasteiger partial charge is 0.0708 e. The van der Waals surface area contributed by atoms with Gasteiger partial charge in [-0.25, -0.2) is 0 Å². The van der Waals surface area contributed by atoms with Crippen LogP contribution in [-0.4, -0.2) is 8.80 Å². The summed E-state index contributed by atoms with van der Waals surface area (Å²) in [5.74, 6) is 0. The highest BCUT2D eigenvalue weighted by Crippen LogP contribution is 2.08. The summed E-state index contributed by atoms with van der Waals surface area (Å²) in [6, 6.07) is 24.7. The molecular weight excluding hydrogens is 220 g/mol. The normalized spacial score (nSPS) is 12.3. The van der Waals surface area contributed by atoms with Crippen molar-refractivity contribution in [3.05, 3.63) is 66.2 Å². The van der Waals surface area contributed by atoms with Crippen LogP contribution in [-0.2, 0) is 6.42 Å². The molecule has 0 aliphatic rings. The van der Waals surface area contributed by atoms with Gasteiger partial charge in [0, 0.05) is 0 Å². The van der Waals surface area contributed by atoms with Gasteiger partial charge < -0.3 is 0 Å². The van der Waals surface area contributed by atoms with Crippen molar-refractivity contribution in [1.29, 1.82) is 0 Å². The van der Waals surface area contributed by atoms with Crippen molar-refractivity contribution < 1.29 is 0 Å². The lowest BCUT2D eigenvalue weighted by Crippen LogP contribution is -2.29. The van der Waals surface area contributed by atoms with Crippen LogP contribution in [0.25, 0.3) is 0 Å². The fraction of sp³-hybridized carbons (Fsp3) is 0.250. The van der Waals surface area contributed by atoms with Crippen LogP contribution in [0.4, 0.5) is 0 Å². The van der Waals surface area contributed by atoms with Crippen molar-refractivity contribution in [3.63, 3.8) is 0 Å². The summed E-state index contributed by atoms with van der Waals surface area (Å²) >= 11 is 0. The van der Waals surface area contributed by atoms with Crippen LogP contribution < -0.4 is 5.19 Å². The second kappa shape index (κ2) is 6.41. The molecule has 0 aliphatic heterocycles. The Bertz CT molecular complexity index is 422. The van der Waals surface area contributed by atoms with Crippen LogP contribution in [0.15, 0.2) is 60.7 Å². The third kappa shape index (κ3) is 3.57. The summed E-state index contributed by atoms with van der Waals surface area (Å²) < 4.78 is 0. The molecule has 0 aromatic heterocycles. The van der Waals surface area contributed by atoms with E-state index < -0.39 is 8.80 Å². The molecule has 0 saturated heterocycles. The Kier molecular flexibility index (Phi) is 4.57. The number of hydrogen-bond acceptors (Lipinski definition) is 0. The quantitative estimate of drug-likeness (QED) is 0.703. The van der Waals surface area contributed by atoms with Gasteiger partial charge in [-0.15, -0.1) is 0 Å². The second-order valence-corrected chi connectivity index (χ2v) is 7.99. The standard InChI is InChI=1S/C16H20Si/c1-2-17(16-11-7-4-8-12-16)14-13-15-9-5-3-6-10-15/h3-12,17H,2,13-14H2,1H3. The maximum absolute atomic E-state index is 2.34. The Morgan fingerprint density at radius 1 is 0.824 bits per heavy atom. The predicted octanol–water partition coefficient (Wildman–Crippen LogP) is 3.38. The van der Waals surface area contributed by atoms with E-state index in [1.165, 1.54) is 24.1 Å². The van der Waals surface area contributed by atoms with Gasteiger partial charge in [0.05, 0.1) is 8.80 Å². The summed E-state index contributed by atoms with van der Waals surface area (Å²) in [5.41, 5.74) is 1.48. The number of benzene rings is 2. The number of hydrogen-bond donors (Lipinski definition) is 0. The van der Waals surface area contributed by atoms with E-state index in [0.29, 0.717) is 0 Å². The van der Waals surface area contributed by atoms with Crippen molar-refractivity contribution in [2.24, 2.45) is 0 Å². The lowest BCUT2D eigenvalue weighted by molar-refractivity contribution is 1.10. The second-order valence-electron chi connectivity index (χ2n) is 4.54. The Balaban J connectivity index is 1.97. The molecule has 2 rings (SSSR count). The molecular formula is C16H20Si. The van der Waals surface area contributed by atoms with Crippen LogP contribution in [0.5, 0.6) is 0 Å². The first-order valence-corrected chi connectivity index (χ1v) is 8.70. The Morgan fingerprint density at radius 2 is 1.41 bits per heavy atom. The molecule has 0 amide bonds. The minimum Gasteiger partial charge on any atom is -0.0677 e. The molecule has 0 bridgehead atoms. The van der Waals surface area contributed by atoms with Crippen LogP contribution in [0, 0.1) is 0 Å². The van der Waals surface area contributed by atoms with Crippen molar-refractivity contribution >= 4 is 14.0 Å². The van der Waals surface area contributed by atoms with Gasteiger partial charge in [-0.2, -0.15) is 0 Å². The third-order valence-electron chi connectivity index (χ3n) is 3.39. The van der Waals surface area contributed by atoms with Gasteiger partial charge >= 0.3 is 0 Å². The van der Waals surface area contributed by atoms with Crippen molar-refractivity contribution in [2.45, 2.75) is 25.4 Å². The zero-order valence-electron chi connectivity index (χ0n) is 10.5. The topological polar surface area (TPSA) is 0 Å². The van der Waals surface area contributed by atoms with Crippen LogP contribution in [0.1, 0.15) is 12.5 Å². The lowest BCUT2D eigenvalue weighted by atomic mass is 10.2. The van der Waals surface area contributed by atoms with E-state index in [9.17, 15) is 0 Å². The zero-order chi connectivity index (χ0) is 11.9. The number of rotatable bonds is 5. The molecule has 0 spiro atoms. The van der Waals surface area contributed by atoms with Gasteiger partial charge in [0.2, 0.25) is 0 Å². The Hall–Kier alpha value is -1.34. The van der Waals surface area contributed by atoms with Gasteiger partial charge in [-0.1, -0.05) is 84.9 Å². The molecule has 2 aromatic rings. The van der Waals surface area contributed by atoms with Gasteiger partial charge in [0.1, 0.15) is 0 Å². The van der Waals surface area contributed by atoms with E-state index in [1.54, 1.807) is 5.19 Å². The molecule has 1 heteroatoms. The van der Waals surface area contributed by atoms with Crippen molar-refractivity contribution in [2.75, 3.05) is 0 Å². The lowest BCUT2D eigenvalue weighted by Gasteiger charge is -2.13. The molecule has 2 aromatic carbocycles. The highest BCUT2D eigenvalue weighted by atomic mass is 28.3. The predicted molar refractivity (Wildman–Crippen MR) is 78.7 cm³/mol. The maximum Gasteiger partial charge on any atom is 0.0708 e. The van der Waals surface area contributed by atoms with Crippen LogP contribution >= 0.6 is 0 Å². The molecule has 0 aliphatic carbocycles. The SMILES string of the molecule is CC[SiH](CCc1ccccc1)c1ccccc1. The minimum atomic E-state index is -0.741. The van der Waals surface area contributed by atoms with E-state index in [2.05, 4.69) is 67.6 Å². The third-order valence-corrected chi connectivity index (χ3v) is 6.69. The Morgan fingerprint density at radius 3 is 2.00 bits per heavy atom. The molecule has 0 nitrogen and oxygen atoms in total. The highest BCUT2D eigenvalue weighted by molar-refractivity contribution is 6.73. The summed E-state index contributed by atoms with van der Waals surface area (Å²) in [6.07, 6.45) is 1.24. The molecule has 0 radical (unpaired) electrons. The average molecular weight is 240 g/mol. The average Bonchev–Trinajstić information content (AvgIpc) is 2.42. The summed E-state index contributed by atoms with van der Waals surface area (Å²) in [6.45, 7) is 2.34. The fourth-order valence-electron chi connectivity index (χ4n) is 2.32. The van der Waals surface area contributed by atoms with Gasteiger partial charge in [-0.05, 0) is 12.0 Å². The molecule has 0 fully saturated rings. The van der Waals surface area contributed by atoms with E-state index in [-0.39, 0.29) is 0 Å². The number of aryl methyl sites for hydroxylation is 1. The maximum atomic E-state index is 2.34. The van der Waals surface area contributed by atoms with Gasteiger partial charge in [0.25, 0.3) is 0 Å². The minimum absolute atomic E-state index is 0.741. The zero-order valence-corrected chi connectivity index (χ0v) is 11.6. The van der Waals surface area contributed by atoms with E-state index in [0.717, 1.165) is 0 Å². The summed E-state index contributed by atoms with van der Waals surface area (Å²) in [4.78, 5) is 0. The van der Waals surface area contributed by atoms with Crippen molar-refractivity contribution in [1.82, 2.24) is 0 Å². The van der Waals surface area contributed by atoms with Gasteiger partial charge in [0.15, 0.2) is 0 Å². The van der Waals surface area contributed by atoms with E-state index in [4.69, 9.17) is 0 Å². The van der Waals surface area contributed by atoms with E-state index in [1.807, 2.05) is 0 Å². The smallest absolute Gasteiger partial charge is 0.0677 e. The molecule has 0 saturated carbocycles. The first-order valence-electron chi connectivity index (χ1n) is 6.49. The summed E-state index contributed by atoms with van der Waals surface area (Å²) in [7, 11) is -0.741.